The van der Waals surface area contributed by atoms with E-state index in [1.165, 1.54) is 18.5 Å². The highest BCUT2D eigenvalue weighted by atomic mass is 16.6. The predicted octanol–water partition coefficient (Wildman–Crippen LogP) is 6.05. The maximum absolute atomic E-state index is 11.2. The van der Waals surface area contributed by atoms with Gasteiger partial charge in [0.1, 0.15) is 23.2 Å². The van der Waals surface area contributed by atoms with Crippen LogP contribution in [0.5, 0.6) is 0 Å². The first-order chi connectivity index (χ1) is 14.6. The van der Waals surface area contributed by atoms with E-state index in [2.05, 4.69) is 11.1 Å². The van der Waals surface area contributed by atoms with Crippen LogP contribution in [0.15, 0.2) is 80.8 Å². The summed E-state index contributed by atoms with van der Waals surface area (Å²) < 4.78 is 11.5. The molecule has 4 rings (SSSR count). The third-order valence-corrected chi connectivity index (χ3v) is 4.57. The molecule has 146 valence electrons. The van der Waals surface area contributed by atoms with Gasteiger partial charge in [-0.3, -0.25) is 10.1 Å². The second-order valence-electron chi connectivity index (χ2n) is 6.50. The average Bonchev–Trinajstić information content (AvgIpc) is 3.41. The first-order valence-electron chi connectivity index (χ1n) is 9.03. The lowest BCUT2D eigenvalue weighted by molar-refractivity contribution is -0.385. The molecule has 7 heteroatoms. The normalized spacial score (nSPS) is 10.9. The Morgan fingerprint density at radius 3 is 2.60 bits per heavy atom. The van der Waals surface area contributed by atoms with Gasteiger partial charge in [-0.15, -0.1) is 0 Å². The van der Waals surface area contributed by atoms with Crippen LogP contribution < -0.4 is 0 Å². The lowest BCUT2D eigenvalue weighted by atomic mass is 10.0. The topological polar surface area (TPSA) is 106 Å². The fraction of sp³-hybridized carbons (Fsp3) is 0.0435. The molecule has 0 aliphatic heterocycles. The molecule has 2 aromatic heterocycles. The molecular weight excluding hydrogens is 382 g/mol. The molecule has 30 heavy (non-hydrogen) atoms. The maximum atomic E-state index is 11.2. The number of aryl methyl sites for hydroxylation is 1. The number of hydrogen-bond donors (Lipinski definition) is 0. The molecule has 0 saturated heterocycles. The van der Waals surface area contributed by atoms with Crippen molar-refractivity contribution in [1.82, 2.24) is 0 Å². The van der Waals surface area contributed by atoms with E-state index in [0.29, 0.717) is 28.2 Å². The first-order valence-corrected chi connectivity index (χ1v) is 9.03. The van der Waals surface area contributed by atoms with Gasteiger partial charge in [0.25, 0.3) is 5.69 Å². The zero-order valence-electron chi connectivity index (χ0n) is 15.9. The molecular formula is C23H15N3O4. The van der Waals surface area contributed by atoms with Gasteiger partial charge in [0.2, 0.25) is 5.88 Å². The molecule has 0 aliphatic rings. The summed E-state index contributed by atoms with van der Waals surface area (Å²) in [5.41, 5.74) is 2.58. The summed E-state index contributed by atoms with van der Waals surface area (Å²) in [5.74, 6) is 1.05. The van der Waals surface area contributed by atoms with Gasteiger partial charge in [0.05, 0.1) is 16.7 Å². The van der Waals surface area contributed by atoms with Crippen LogP contribution in [0.4, 0.5) is 11.6 Å². The SMILES string of the molecule is Cc1ccc(C=Nc2oc(-c3ccccc3)c(-c3ccco3)c2C#N)cc1[N+](=O)[O-]. The summed E-state index contributed by atoms with van der Waals surface area (Å²) in [6.45, 7) is 1.67. The van der Waals surface area contributed by atoms with Gasteiger partial charge in [-0.25, -0.2) is 4.99 Å². The zero-order chi connectivity index (χ0) is 21.1. The molecule has 0 saturated carbocycles. The van der Waals surface area contributed by atoms with Crippen LogP contribution in [-0.2, 0) is 0 Å². The van der Waals surface area contributed by atoms with Crippen molar-refractivity contribution in [1.29, 1.82) is 5.26 Å². The number of rotatable bonds is 5. The third-order valence-electron chi connectivity index (χ3n) is 4.57. The van der Waals surface area contributed by atoms with Crippen molar-refractivity contribution in [2.45, 2.75) is 6.92 Å². The summed E-state index contributed by atoms with van der Waals surface area (Å²) in [6.07, 6.45) is 2.96. The van der Waals surface area contributed by atoms with Gasteiger partial charge in [0, 0.05) is 23.4 Å². The molecule has 0 spiro atoms. The molecule has 0 bridgehead atoms. The van der Waals surface area contributed by atoms with Crippen LogP contribution in [0.1, 0.15) is 16.7 Å². The fourth-order valence-electron chi connectivity index (χ4n) is 3.10. The van der Waals surface area contributed by atoms with E-state index in [1.807, 2.05) is 30.3 Å². The van der Waals surface area contributed by atoms with Crippen molar-refractivity contribution in [2.75, 3.05) is 0 Å². The highest BCUT2D eigenvalue weighted by Gasteiger charge is 2.24. The number of nitro groups is 1. The molecule has 0 radical (unpaired) electrons. The van der Waals surface area contributed by atoms with E-state index in [4.69, 9.17) is 8.83 Å². The van der Waals surface area contributed by atoms with Crippen LogP contribution in [0.3, 0.4) is 0 Å². The van der Waals surface area contributed by atoms with Gasteiger partial charge < -0.3 is 8.83 Å². The zero-order valence-corrected chi connectivity index (χ0v) is 15.9. The molecule has 7 nitrogen and oxygen atoms in total. The van der Waals surface area contributed by atoms with E-state index in [-0.39, 0.29) is 17.1 Å². The van der Waals surface area contributed by atoms with Crippen molar-refractivity contribution in [3.63, 3.8) is 0 Å². The van der Waals surface area contributed by atoms with Crippen molar-refractivity contribution >= 4 is 17.8 Å². The van der Waals surface area contributed by atoms with Gasteiger partial charge in [0.15, 0.2) is 0 Å². The Morgan fingerprint density at radius 2 is 1.93 bits per heavy atom. The van der Waals surface area contributed by atoms with E-state index in [1.54, 1.807) is 31.2 Å². The first kappa shape index (κ1) is 18.9. The largest absolute Gasteiger partial charge is 0.464 e. The summed E-state index contributed by atoms with van der Waals surface area (Å²) in [5, 5.41) is 21.0. The Bertz CT molecular complexity index is 1280. The Morgan fingerprint density at radius 1 is 1.13 bits per heavy atom. The number of nitriles is 1. The second kappa shape index (κ2) is 7.89. The minimum absolute atomic E-state index is 0.000140. The molecule has 2 heterocycles. The summed E-state index contributed by atoms with van der Waals surface area (Å²) in [7, 11) is 0. The molecule has 0 aliphatic carbocycles. The molecule has 2 aromatic carbocycles. The number of aliphatic imine (C=N–C) groups is 1. The smallest absolute Gasteiger partial charge is 0.272 e. The Kier molecular flexibility index (Phi) is 4.97. The maximum Gasteiger partial charge on any atom is 0.272 e. The van der Waals surface area contributed by atoms with Crippen molar-refractivity contribution < 1.29 is 13.8 Å². The minimum atomic E-state index is -0.442. The van der Waals surface area contributed by atoms with Gasteiger partial charge in [-0.2, -0.15) is 5.26 Å². The predicted molar refractivity (Wildman–Crippen MR) is 112 cm³/mol. The quantitative estimate of drug-likeness (QED) is 0.232. The minimum Gasteiger partial charge on any atom is -0.464 e. The van der Waals surface area contributed by atoms with E-state index in [0.717, 1.165) is 5.56 Å². The number of nitrogens with zero attached hydrogens (tertiary/aromatic N) is 3. The Labute approximate surface area is 171 Å². The van der Waals surface area contributed by atoms with Crippen LogP contribution >= 0.6 is 0 Å². The van der Waals surface area contributed by atoms with Gasteiger partial charge >= 0.3 is 0 Å². The summed E-state index contributed by atoms with van der Waals surface area (Å²) >= 11 is 0. The number of hydrogen-bond acceptors (Lipinski definition) is 6. The molecule has 0 fully saturated rings. The Hall–Kier alpha value is -4.44. The van der Waals surface area contributed by atoms with Crippen LogP contribution in [-0.4, -0.2) is 11.1 Å². The van der Waals surface area contributed by atoms with E-state index < -0.39 is 4.92 Å². The van der Waals surface area contributed by atoms with E-state index in [9.17, 15) is 15.4 Å². The number of nitro benzene ring substituents is 1. The second-order valence-corrected chi connectivity index (χ2v) is 6.50. The standard InChI is InChI=1S/C23H15N3O4/c1-15-9-10-16(12-19(15)26(27)28)14-25-23-18(13-24)21(20-8-5-11-29-20)22(30-23)17-6-3-2-4-7-17/h2-12,14H,1H3. The van der Waals surface area contributed by atoms with Crippen LogP contribution in [0, 0.1) is 28.4 Å². The number of furan rings is 2. The molecule has 0 N–H and O–H groups in total. The Balaban J connectivity index is 1.84. The molecule has 0 unspecified atom stereocenters. The third kappa shape index (κ3) is 3.50. The van der Waals surface area contributed by atoms with Crippen molar-refractivity contribution in [3.8, 4) is 28.7 Å². The fourth-order valence-corrected chi connectivity index (χ4v) is 3.10. The van der Waals surface area contributed by atoms with Crippen molar-refractivity contribution in [2.24, 2.45) is 4.99 Å². The molecule has 4 aromatic rings. The van der Waals surface area contributed by atoms with Gasteiger partial charge in [-0.05, 0) is 24.6 Å². The van der Waals surface area contributed by atoms with Crippen LogP contribution in [0.2, 0.25) is 0 Å². The average molecular weight is 397 g/mol. The summed E-state index contributed by atoms with van der Waals surface area (Å²) in [4.78, 5) is 15.0. The van der Waals surface area contributed by atoms with Crippen LogP contribution in [0.25, 0.3) is 22.6 Å². The molecule has 0 amide bonds. The lowest BCUT2D eigenvalue weighted by Gasteiger charge is -1.99. The lowest BCUT2D eigenvalue weighted by Crippen LogP contribution is -1.93. The van der Waals surface area contributed by atoms with Gasteiger partial charge in [-0.1, -0.05) is 42.5 Å². The highest BCUT2D eigenvalue weighted by molar-refractivity contribution is 5.88. The monoisotopic (exact) mass is 397 g/mol. The summed E-state index contributed by atoms with van der Waals surface area (Å²) in [6, 6.07) is 19.8. The van der Waals surface area contributed by atoms with Crippen molar-refractivity contribution in [3.05, 3.63) is 93.7 Å². The van der Waals surface area contributed by atoms with E-state index >= 15 is 0 Å². The molecule has 0 atom stereocenters. The highest BCUT2D eigenvalue weighted by Crippen LogP contribution is 2.42. The number of benzene rings is 2.